The molecule has 0 saturated heterocycles. The molecule has 0 aliphatic heterocycles. The number of ether oxygens (including phenoxy) is 1. The molecule has 1 amide bonds. The Morgan fingerprint density at radius 1 is 0.966 bits per heavy atom. The van der Waals surface area contributed by atoms with Crippen molar-refractivity contribution in [1.82, 2.24) is 0 Å². The lowest BCUT2D eigenvalue weighted by molar-refractivity contribution is -0.118. The molecule has 0 aliphatic carbocycles. The van der Waals surface area contributed by atoms with Gasteiger partial charge in [-0.3, -0.25) is 9.52 Å². The highest BCUT2D eigenvalue weighted by molar-refractivity contribution is 7.92. The number of hydrogen-bond acceptors (Lipinski definition) is 4. The normalized spacial score (nSPS) is 11.0. The fourth-order valence-corrected chi connectivity index (χ4v) is 3.71. The Labute approximate surface area is 174 Å². The second kappa shape index (κ2) is 8.98. The third-order valence-electron chi connectivity index (χ3n) is 3.92. The van der Waals surface area contributed by atoms with Crippen molar-refractivity contribution in [2.45, 2.75) is 11.8 Å². The van der Waals surface area contributed by atoms with Gasteiger partial charge in [0.2, 0.25) is 0 Å². The molecule has 2 N–H and O–H groups in total. The second-order valence-corrected chi connectivity index (χ2v) is 8.41. The van der Waals surface area contributed by atoms with E-state index in [0.29, 0.717) is 22.1 Å². The second-order valence-electron chi connectivity index (χ2n) is 6.29. The van der Waals surface area contributed by atoms with E-state index in [1.54, 1.807) is 36.4 Å². The number of rotatable bonds is 7. The minimum Gasteiger partial charge on any atom is -0.484 e. The summed E-state index contributed by atoms with van der Waals surface area (Å²) < 4.78 is 32.9. The summed E-state index contributed by atoms with van der Waals surface area (Å²) in [5, 5.41) is 3.18. The van der Waals surface area contributed by atoms with E-state index < -0.39 is 10.0 Å². The number of aryl methyl sites for hydroxylation is 1. The molecule has 0 unspecified atom stereocenters. The van der Waals surface area contributed by atoms with Gasteiger partial charge in [-0.05, 0) is 61.5 Å². The van der Waals surface area contributed by atoms with Crippen molar-refractivity contribution < 1.29 is 17.9 Å². The number of sulfonamides is 1. The Hall–Kier alpha value is -3.03. The summed E-state index contributed by atoms with van der Waals surface area (Å²) in [5.74, 6) is 0.0190. The average Bonchev–Trinajstić information content (AvgIpc) is 2.68. The van der Waals surface area contributed by atoms with Gasteiger partial charge in [0.05, 0.1) is 4.90 Å². The number of carbonyl (C=O) groups excluding carboxylic acids is 1. The van der Waals surface area contributed by atoms with Gasteiger partial charge in [0.25, 0.3) is 15.9 Å². The van der Waals surface area contributed by atoms with Crippen molar-refractivity contribution >= 4 is 38.9 Å². The van der Waals surface area contributed by atoms with Crippen LogP contribution in [0.1, 0.15) is 5.56 Å². The molecule has 0 atom stereocenters. The highest BCUT2D eigenvalue weighted by Gasteiger charge is 2.14. The van der Waals surface area contributed by atoms with Crippen LogP contribution in [0.2, 0.25) is 5.02 Å². The highest BCUT2D eigenvalue weighted by atomic mass is 35.5. The predicted molar refractivity (Wildman–Crippen MR) is 114 cm³/mol. The van der Waals surface area contributed by atoms with E-state index in [0.717, 1.165) is 5.56 Å². The van der Waals surface area contributed by atoms with Gasteiger partial charge in [0, 0.05) is 16.4 Å². The molecule has 0 fully saturated rings. The molecule has 0 aliphatic rings. The first kappa shape index (κ1) is 20.7. The molecular formula is C21H19ClN2O4S. The Kier molecular flexibility index (Phi) is 6.41. The highest BCUT2D eigenvalue weighted by Crippen LogP contribution is 2.20. The number of carbonyl (C=O) groups is 1. The van der Waals surface area contributed by atoms with E-state index in [9.17, 15) is 13.2 Å². The molecule has 0 saturated carbocycles. The standard InChI is InChI=1S/C21H19ClN2O4S/c1-15-5-7-17(8-6-15)24-29(26,27)20-11-9-19(10-12-20)28-14-21(25)23-18-4-2-3-16(22)13-18/h2-13,24H,14H2,1H3,(H,23,25). The third-order valence-corrected chi connectivity index (χ3v) is 5.55. The summed E-state index contributed by atoms with van der Waals surface area (Å²) in [7, 11) is -3.72. The average molecular weight is 431 g/mol. The van der Waals surface area contributed by atoms with Crippen molar-refractivity contribution in [3.05, 3.63) is 83.4 Å². The van der Waals surface area contributed by atoms with Gasteiger partial charge < -0.3 is 10.1 Å². The smallest absolute Gasteiger partial charge is 0.262 e. The van der Waals surface area contributed by atoms with Crippen LogP contribution < -0.4 is 14.8 Å². The Morgan fingerprint density at radius 2 is 1.66 bits per heavy atom. The fourth-order valence-electron chi connectivity index (χ4n) is 2.46. The number of halogens is 1. The maximum absolute atomic E-state index is 12.5. The van der Waals surface area contributed by atoms with E-state index in [4.69, 9.17) is 16.3 Å². The summed E-state index contributed by atoms with van der Waals surface area (Å²) in [6.45, 7) is 1.70. The monoisotopic (exact) mass is 430 g/mol. The molecule has 8 heteroatoms. The van der Waals surface area contributed by atoms with Crippen LogP contribution in [0.15, 0.2) is 77.7 Å². The lowest BCUT2D eigenvalue weighted by Gasteiger charge is -2.10. The largest absolute Gasteiger partial charge is 0.484 e. The zero-order valence-corrected chi connectivity index (χ0v) is 17.1. The molecule has 0 spiro atoms. The van der Waals surface area contributed by atoms with Crippen LogP contribution in [0.4, 0.5) is 11.4 Å². The number of hydrogen-bond donors (Lipinski definition) is 2. The Morgan fingerprint density at radius 3 is 2.31 bits per heavy atom. The molecule has 0 heterocycles. The zero-order valence-electron chi connectivity index (χ0n) is 15.6. The van der Waals surface area contributed by atoms with Gasteiger partial charge in [-0.25, -0.2) is 8.42 Å². The Balaban J connectivity index is 1.58. The Bertz CT molecular complexity index is 1100. The van der Waals surface area contributed by atoms with Gasteiger partial charge >= 0.3 is 0 Å². The van der Waals surface area contributed by atoms with Crippen LogP contribution >= 0.6 is 11.6 Å². The van der Waals surface area contributed by atoms with Crippen molar-refractivity contribution in [3.8, 4) is 5.75 Å². The van der Waals surface area contributed by atoms with Crippen LogP contribution in [0.3, 0.4) is 0 Å². The van der Waals surface area contributed by atoms with Crippen LogP contribution in [0, 0.1) is 6.92 Å². The summed E-state index contributed by atoms with van der Waals surface area (Å²) >= 11 is 5.87. The first-order valence-electron chi connectivity index (χ1n) is 8.70. The van der Waals surface area contributed by atoms with E-state index in [2.05, 4.69) is 10.0 Å². The van der Waals surface area contributed by atoms with Gasteiger partial charge in [-0.15, -0.1) is 0 Å². The van der Waals surface area contributed by atoms with Crippen molar-refractivity contribution in [2.75, 3.05) is 16.6 Å². The minimum absolute atomic E-state index is 0.0915. The van der Waals surface area contributed by atoms with E-state index in [-0.39, 0.29) is 17.4 Å². The maximum Gasteiger partial charge on any atom is 0.262 e. The molecule has 3 rings (SSSR count). The molecule has 3 aromatic rings. The van der Waals surface area contributed by atoms with E-state index >= 15 is 0 Å². The maximum atomic E-state index is 12.5. The number of benzene rings is 3. The molecule has 0 radical (unpaired) electrons. The van der Waals surface area contributed by atoms with Crippen molar-refractivity contribution in [1.29, 1.82) is 0 Å². The van der Waals surface area contributed by atoms with E-state index in [1.807, 2.05) is 19.1 Å². The van der Waals surface area contributed by atoms with Crippen molar-refractivity contribution in [3.63, 3.8) is 0 Å². The first-order valence-corrected chi connectivity index (χ1v) is 10.6. The fraction of sp³-hybridized carbons (Fsp3) is 0.0952. The van der Waals surface area contributed by atoms with Gasteiger partial charge in [0.1, 0.15) is 5.75 Å². The molecule has 150 valence electrons. The summed E-state index contributed by atoms with van der Waals surface area (Å²) in [4.78, 5) is 12.1. The quantitative estimate of drug-likeness (QED) is 0.579. The lowest BCUT2D eigenvalue weighted by Crippen LogP contribution is -2.20. The predicted octanol–water partition coefficient (Wildman–Crippen LogP) is 4.47. The lowest BCUT2D eigenvalue weighted by atomic mass is 10.2. The molecule has 0 bridgehead atoms. The third kappa shape index (κ3) is 5.97. The number of nitrogens with one attached hydrogen (secondary N) is 2. The SMILES string of the molecule is Cc1ccc(NS(=O)(=O)c2ccc(OCC(=O)Nc3cccc(Cl)c3)cc2)cc1. The van der Waals surface area contributed by atoms with Gasteiger partial charge in [-0.2, -0.15) is 0 Å². The summed E-state index contributed by atoms with van der Waals surface area (Å²) in [6.07, 6.45) is 0. The number of amides is 1. The molecular weight excluding hydrogens is 412 g/mol. The van der Waals surface area contributed by atoms with Crippen LogP contribution in [0.25, 0.3) is 0 Å². The van der Waals surface area contributed by atoms with Crippen LogP contribution in [-0.4, -0.2) is 20.9 Å². The number of anilines is 2. The van der Waals surface area contributed by atoms with Crippen LogP contribution in [0.5, 0.6) is 5.75 Å². The van der Waals surface area contributed by atoms with Gasteiger partial charge in [0.15, 0.2) is 6.61 Å². The van der Waals surface area contributed by atoms with Crippen LogP contribution in [-0.2, 0) is 14.8 Å². The van der Waals surface area contributed by atoms with Crippen molar-refractivity contribution in [2.24, 2.45) is 0 Å². The first-order chi connectivity index (χ1) is 13.8. The minimum atomic E-state index is -3.72. The molecule has 0 aromatic heterocycles. The molecule has 6 nitrogen and oxygen atoms in total. The zero-order chi connectivity index (χ0) is 20.9. The summed E-state index contributed by atoms with van der Waals surface area (Å²) in [5.41, 5.74) is 2.08. The summed E-state index contributed by atoms with van der Waals surface area (Å²) in [6, 6.07) is 19.6. The molecule has 29 heavy (non-hydrogen) atoms. The van der Waals surface area contributed by atoms with Gasteiger partial charge in [-0.1, -0.05) is 35.4 Å². The van der Waals surface area contributed by atoms with E-state index in [1.165, 1.54) is 24.3 Å². The molecule has 3 aromatic carbocycles. The topological polar surface area (TPSA) is 84.5 Å².